The third-order valence-corrected chi connectivity index (χ3v) is 1.16. The molecule has 0 radical (unpaired) electrons. The number of carbonyl (C=O) groups excluding carboxylic acids is 2. The van der Waals surface area contributed by atoms with Crippen molar-refractivity contribution >= 4 is 11.6 Å². The van der Waals surface area contributed by atoms with E-state index in [1.54, 1.807) is 0 Å². The Morgan fingerprint density at radius 2 is 2.00 bits per heavy atom. The van der Waals surface area contributed by atoms with Crippen molar-refractivity contribution in [2.24, 2.45) is 5.73 Å². The number of nitrogens with two attached hydrogens (primary N) is 1. The van der Waals surface area contributed by atoms with E-state index in [0.29, 0.717) is 0 Å². The molecule has 1 rings (SSSR count). The van der Waals surface area contributed by atoms with Crippen LogP contribution < -0.4 is 5.73 Å². The summed E-state index contributed by atoms with van der Waals surface area (Å²) in [7, 11) is 0. The van der Waals surface area contributed by atoms with Crippen LogP contribution in [0.4, 0.5) is 0 Å². The Balaban J connectivity index is 3.00. The van der Waals surface area contributed by atoms with Gasteiger partial charge >= 0.3 is 0 Å². The zero-order valence-corrected chi connectivity index (χ0v) is 5.63. The molecule has 0 fully saturated rings. The molecule has 0 bridgehead atoms. The normalized spacial score (nSPS) is 15.5. The van der Waals surface area contributed by atoms with Crippen LogP contribution in [0.15, 0.2) is 23.8 Å². The predicted octanol–water partition coefficient (Wildman–Crippen LogP) is -0.460. The molecular formula is C8H5NO2. The Bertz CT molecular complexity index is 326. The van der Waals surface area contributed by atoms with Gasteiger partial charge in [-0.2, -0.15) is 0 Å². The van der Waals surface area contributed by atoms with Gasteiger partial charge in [0.25, 0.3) is 0 Å². The first-order chi connectivity index (χ1) is 5.24. The van der Waals surface area contributed by atoms with Gasteiger partial charge in [0.1, 0.15) is 0 Å². The molecule has 0 saturated heterocycles. The molecule has 2 N–H and O–H groups in total. The fraction of sp³-hybridized carbons (Fsp3) is 0. The lowest BCUT2D eigenvalue weighted by Crippen LogP contribution is -2.06. The van der Waals surface area contributed by atoms with E-state index >= 15 is 0 Å². The molecule has 3 nitrogen and oxygen atoms in total. The molecule has 3 heteroatoms. The minimum absolute atomic E-state index is 0.153. The predicted molar refractivity (Wildman–Crippen MR) is 39.2 cm³/mol. The van der Waals surface area contributed by atoms with Gasteiger partial charge in [0.05, 0.1) is 5.57 Å². The maximum absolute atomic E-state index is 10.9. The molecule has 54 valence electrons. The average molecular weight is 147 g/mol. The van der Waals surface area contributed by atoms with Crippen molar-refractivity contribution in [2.75, 3.05) is 0 Å². The van der Waals surface area contributed by atoms with Gasteiger partial charge in [-0.15, -0.1) is 0 Å². The maximum atomic E-state index is 10.9. The lowest BCUT2D eigenvalue weighted by Gasteiger charge is -1.96. The summed E-state index contributed by atoms with van der Waals surface area (Å²) in [5.41, 5.74) is 5.03. The van der Waals surface area contributed by atoms with Gasteiger partial charge < -0.3 is 5.73 Å². The summed E-state index contributed by atoms with van der Waals surface area (Å²) in [6.07, 6.45) is 3.55. The zero-order valence-electron chi connectivity index (χ0n) is 5.63. The summed E-state index contributed by atoms with van der Waals surface area (Å²) in [5.74, 6) is 1.82. The third-order valence-electron chi connectivity index (χ3n) is 1.16. The number of hydrogen-bond acceptors (Lipinski definition) is 3. The Kier molecular flexibility index (Phi) is 1.88. The minimum Gasteiger partial charge on any atom is -0.359 e. The van der Waals surface area contributed by atoms with Crippen molar-refractivity contribution in [3.63, 3.8) is 0 Å². The molecule has 0 heterocycles. The highest BCUT2D eigenvalue weighted by Crippen LogP contribution is 2.02. The van der Waals surface area contributed by atoms with Gasteiger partial charge in [-0.25, -0.2) is 0 Å². The number of allylic oxidation sites excluding steroid dienone is 4. The van der Waals surface area contributed by atoms with E-state index in [4.69, 9.17) is 5.73 Å². The molecule has 0 aromatic carbocycles. The number of ketones is 2. The fourth-order valence-corrected chi connectivity index (χ4v) is 0.685. The van der Waals surface area contributed by atoms with E-state index in [9.17, 15) is 9.59 Å². The van der Waals surface area contributed by atoms with Crippen molar-refractivity contribution in [2.45, 2.75) is 0 Å². The van der Waals surface area contributed by atoms with E-state index in [-0.39, 0.29) is 17.1 Å². The van der Waals surface area contributed by atoms with E-state index in [1.165, 1.54) is 18.2 Å². The maximum Gasteiger partial charge on any atom is 0.194 e. The van der Waals surface area contributed by atoms with Crippen molar-refractivity contribution in [1.29, 1.82) is 0 Å². The van der Waals surface area contributed by atoms with Gasteiger partial charge in [-0.3, -0.25) is 9.59 Å². The van der Waals surface area contributed by atoms with Crippen LogP contribution in [0, 0.1) is 12.0 Å². The standard InChI is InChI=1S/C8H5NO2/c9-4-3-6-5-7(10)1-2-8(6)11/h1-2,5H,9H2. The molecule has 0 aliphatic heterocycles. The third kappa shape index (κ3) is 1.55. The second-order valence-corrected chi connectivity index (χ2v) is 1.93. The Labute approximate surface area is 63.6 Å². The van der Waals surface area contributed by atoms with Gasteiger partial charge in [0, 0.05) is 12.1 Å². The zero-order chi connectivity index (χ0) is 8.27. The number of rotatable bonds is 0. The van der Waals surface area contributed by atoms with Crippen LogP contribution in [0.3, 0.4) is 0 Å². The molecule has 0 atom stereocenters. The van der Waals surface area contributed by atoms with Crippen LogP contribution in [0.25, 0.3) is 0 Å². The molecule has 0 saturated carbocycles. The van der Waals surface area contributed by atoms with E-state index in [1.807, 2.05) is 0 Å². The molecular weight excluding hydrogens is 142 g/mol. The highest BCUT2D eigenvalue weighted by molar-refractivity contribution is 6.19. The summed E-state index contributed by atoms with van der Waals surface area (Å²) in [6.45, 7) is 0. The highest BCUT2D eigenvalue weighted by atomic mass is 16.1. The van der Waals surface area contributed by atoms with Crippen LogP contribution >= 0.6 is 0 Å². The summed E-state index contributed by atoms with van der Waals surface area (Å²) < 4.78 is 0. The number of hydrogen-bond donors (Lipinski definition) is 1. The van der Waals surface area contributed by atoms with Gasteiger partial charge in [-0.05, 0) is 18.1 Å². The van der Waals surface area contributed by atoms with Crippen LogP contribution in [-0.4, -0.2) is 11.6 Å². The van der Waals surface area contributed by atoms with Gasteiger partial charge in [-0.1, -0.05) is 0 Å². The fourth-order valence-electron chi connectivity index (χ4n) is 0.685. The quantitative estimate of drug-likeness (QED) is 0.286. The Morgan fingerprint density at radius 3 is 2.64 bits per heavy atom. The lowest BCUT2D eigenvalue weighted by molar-refractivity contribution is -0.114. The van der Waals surface area contributed by atoms with Crippen molar-refractivity contribution in [1.82, 2.24) is 0 Å². The minimum atomic E-state index is -0.275. The Morgan fingerprint density at radius 1 is 1.27 bits per heavy atom. The summed E-state index contributed by atoms with van der Waals surface area (Å²) >= 11 is 0. The van der Waals surface area contributed by atoms with E-state index in [2.05, 4.69) is 12.0 Å². The molecule has 0 aromatic rings. The van der Waals surface area contributed by atoms with Crippen LogP contribution in [0.2, 0.25) is 0 Å². The van der Waals surface area contributed by atoms with Crippen molar-refractivity contribution in [3.8, 4) is 12.0 Å². The molecule has 0 aromatic heterocycles. The molecule has 1 aliphatic carbocycles. The second-order valence-electron chi connectivity index (χ2n) is 1.93. The summed E-state index contributed by atoms with van der Waals surface area (Å²) in [5, 5.41) is 0. The van der Waals surface area contributed by atoms with Gasteiger partial charge in [0.2, 0.25) is 0 Å². The molecule has 1 aliphatic rings. The number of carbonyl (C=O) groups is 2. The summed E-state index contributed by atoms with van der Waals surface area (Å²) in [6, 6.07) is 2.06. The lowest BCUT2D eigenvalue weighted by atomic mass is 10.1. The monoisotopic (exact) mass is 147 g/mol. The van der Waals surface area contributed by atoms with Crippen LogP contribution in [0.1, 0.15) is 0 Å². The smallest absolute Gasteiger partial charge is 0.194 e. The molecule has 0 unspecified atom stereocenters. The topological polar surface area (TPSA) is 60.2 Å². The SMILES string of the molecule is NC#CC1=CC(=O)C=CC1=O. The average Bonchev–Trinajstić information content (AvgIpc) is 1.98. The van der Waals surface area contributed by atoms with Crippen LogP contribution in [0.5, 0.6) is 0 Å². The van der Waals surface area contributed by atoms with Crippen LogP contribution in [-0.2, 0) is 9.59 Å². The highest BCUT2D eigenvalue weighted by Gasteiger charge is 2.09. The molecule has 0 spiro atoms. The first-order valence-electron chi connectivity index (χ1n) is 2.93. The molecule has 11 heavy (non-hydrogen) atoms. The van der Waals surface area contributed by atoms with E-state index < -0.39 is 0 Å². The molecule has 0 amide bonds. The van der Waals surface area contributed by atoms with Crippen molar-refractivity contribution in [3.05, 3.63) is 23.8 Å². The largest absolute Gasteiger partial charge is 0.359 e. The summed E-state index contributed by atoms with van der Waals surface area (Å²) in [4.78, 5) is 21.5. The first kappa shape index (κ1) is 7.29. The second kappa shape index (κ2) is 2.84. The van der Waals surface area contributed by atoms with Crippen molar-refractivity contribution < 1.29 is 9.59 Å². The van der Waals surface area contributed by atoms with E-state index in [0.717, 1.165) is 0 Å². The Hall–Kier alpha value is -1.82. The van der Waals surface area contributed by atoms with Gasteiger partial charge in [0.15, 0.2) is 11.6 Å². The first-order valence-corrected chi connectivity index (χ1v) is 2.93.